The van der Waals surface area contributed by atoms with Crippen molar-refractivity contribution in [2.75, 3.05) is 7.11 Å². The van der Waals surface area contributed by atoms with E-state index in [-0.39, 0.29) is 18.2 Å². The van der Waals surface area contributed by atoms with Crippen molar-refractivity contribution in [1.29, 1.82) is 0 Å². The first kappa shape index (κ1) is 20.9. The number of methoxy groups -OCH3 is 1. The molecule has 2 aromatic heterocycles. The fraction of sp³-hybridized carbons (Fsp3) is 0.280. The highest BCUT2D eigenvalue weighted by Crippen LogP contribution is 2.43. The van der Waals surface area contributed by atoms with Gasteiger partial charge in [0.1, 0.15) is 5.92 Å². The molecule has 6 nitrogen and oxygen atoms in total. The Kier molecular flexibility index (Phi) is 6.18. The Hall–Kier alpha value is -3.38. The third-order valence-corrected chi connectivity index (χ3v) is 5.78. The number of likely N-dealkylation sites (tertiary alicyclic amines) is 1. The first-order chi connectivity index (χ1) is 15.1. The van der Waals surface area contributed by atoms with Crippen molar-refractivity contribution < 1.29 is 14.3 Å². The smallest absolute Gasteiger partial charge is 0.318 e. The number of aromatic nitrogens is 2. The molecule has 0 spiro atoms. The number of benzene rings is 1. The summed E-state index contributed by atoms with van der Waals surface area (Å²) in [6.45, 7) is 2.59. The Morgan fingerprint density at radius 1 is 1.00 bits per heavy atom. The van der Waals surface area contributed by atoms with Crippen LogP contribution in [-0.4, -0.2) is 33.7 Å². The molecule has 0 aliphatic carbocycles. The van der Waals surface area contributed by atoms with E-state index in [2.05, 4.69) is 39.1 Å². The number of carbonyl (C=O) groups is 2. The first-order valence-corrected chi connectivity index (χ1v) is 10.3. The molecule has 4 rings (SSSR count). The molecule has 0 saturated carbocycles. The van der Waals surface area contributed by atoms with Crippen LogP contribution in [-0.2, 0) is 20.9 Å². The zero-order valence-corrected chi connectivity index (χ0v) is 17.6. The molecule has 0 N–H and O–H groups in total. The first-order valence-electron chi connectivity index (χ1n) is 10.3. The van der Waals surface area contributed by atoms with Gasteiger partial charge in [0, 0.05) is 25.4 Å². The van der Waals surface area contributed by atoms with Gasteiger partial charge in [-0.2, -0.15) is 0 Å². The number of ketones is 1. The van der Waals surface area contributed by atoms with Crippen LogP contribution in [0.25, 0.3) is 0 Å². The van der Waals surface area contributed by atoms with Crippen molar-refractivity contribution in [3.63, 3.8) is 0 Å². The number of nitrogens with zero attached hydrogens (tertiary/aromatic N) is 3. The minimum Gasteiger partial charge on any atom is -0.468 e. The van der Waals surface area contributed by atoms with Gasteiger partial charge in [-0.3, -0.25) is 24.5 Å². The van der Waals surface area contributed by atoms with Crippen molar-refractivity contribution in [1.82, 2.24) is 14.9 Å². The SMILES string of the molecule is COC(=O)C1C(=O)C[C@@H](c2ccccn2)N(Cc2ccc(C)cc2)[C@H]1c1ccccn1. The van der Waals surface area contributed by atoms with E-state index in [4.69, 9.17) is 4.74 Å². The van der Waals surface area contributed by atoms with Gasteiger partial charge in [-0.05, 0) is 36.8 Å². The van der Waals surface area contributed by atoms with Gasteiger partial charge in [0.05, 0.1) is 30.6 Å². The van der Waals surface area contributed by atoms with Crippen LogP contribution in [0.3, 0.4) is 0 Å². The van der Waals surface area contributed by atoms with Crippen LogP contribution in [0.2, 0.25) is 0 Å². The van der Waals surface area contributed by atoms with E-state index in [1.54, 1.807) is 12.4 Å². The highest BCUT2D eigenvalue weighted by molar-refractivity contribution is 6.00. The minimum absolute atomic E-state index is 0.154. The summed E-state index contributed by atoms with van der Waals surface area (Å²) in [5, 5.41) is 0. The van der Waals surface area contributed by atoms with Crippen LogP contribution in [0.1, 0.15) is 41.0 Å². The summed E-state index contributed by atoms with van der Waals surface area (Å²) in [4.78, 5) is 37.2. The van der Waals surface area contributed by atoms with Crippen LogP contribution in [0.5, 0.6) is 0 Å². The van der Waals surface area contributed by atoms with Crippen LogP contribution in [0.4, 0.5) is 0 Å². The van der Waals surface area contributed by atoms with Gasteiger partial charge in [0.15, 0.2) is 5.78 Å². The lowest BCUT2D eigenvalue weighted by Crippen LogP contribution is -2.48. The van der Waals surface area contributed by atoms with Gasteiger partial charge in [-0.1, -0.05) is 42.0 Å². The van der Waals surface area contributed by atoms with Gasteiger partial charge in [0.2, 0.25) is 0 Å². The maximum atomic E-state index is 13.2. The maximum Gasteiger partial charge on any atom is 0.318 e. The Morgan fingerprint density at radius 2 is 1.65 bits per heavy atom. The molecule has 6 heteroatoms. The predicted molar refractivity (Wildman–Crippen MR) is 116 cm³/mol. The van der Waals surface area contributed by atoms with Gasteiger partial charge < -0.3 is 4.74 Å². The zero-order valence-electron chi connectivity index (χ0n) is 17.6. The topological polar surface area (TPSA) is 72.4 Å². The summed E-state index contributed by atoms with van der Waals surface area (Å²) < 4.78 is 5.04. The van der Waals surface area contributed by atoms with Gasteiger partial charge in [-0.25, -0.2) is 0 Å². The third-order valence-electron chi connectivity index (χ3n) is 5.78. The highest BCUT2D eigenvalue weighted by atomic mass is 16.5. The molecule has 0 radical (unpaired) electrons. The molecular weight excluding hydrogens is 390 g/mol. The molecule has 0 amide bonds. The number of esters is 1. The molecule has 1 aliphatic heterocycles. The number of carbonyl (C=O) groups excluding carboxylic acids is 2. The Labute approximate surface area is 181 Å². The summed E-state index contributed by atoms with van der Waals surface area (Å²) in [6, 6.07) is 18.7. The molecule has 3 atom stereocenters. The van der Waals surface area contributed by atoms with Gasteiger partial charge in [0.25, 0.3) is 0 Å². The molecule has 3 heterocycles. The second-order valence-electron chi connectivity index (χ2n) is 7.80. The molecular formula is C25H25N3O3. The molecule has 3 aromatic rings. The second kappa shape index (κ2) is 9.18. The summed E-state index contributed by atoms with van der Waals surface area (Å²) in [5.41, 5.74) is 3.73. The number of hydrogen-bond donors (Lipinski definition) is 0. The Morgan fingerprint density at radius 3 is 2.23 bits per heavy atom. The molecule has 1 aromatic carbocycles. The molecule has 1 fully saturated rings. The van der Waals surface area contributed by atoms with E-state index in [9.17, 15) is 9.59 Å². The van der Waals surface area contributed by atoms with Crippen LogP contribution < -0.4 is 0 Å². The minimum atomic E-state index is -0.940. The number of rotatable bonds is 5. The van der Waals surface area contributed by atoms with Crippen LogP contribution >= 0.6 is 0 Å². The molecule has 0 bridgehead atoms. The molecule has 1 unspecified atom stereocenters. The average molecular weight is 415 g/mol. The zero-order chi connectivity index (χ0) is 21.8. The monoisotopic (exact) mass is 415 g/mol. The van der Waals surface area contributed by atoms with Crippen LogP contribution in [0.15, 0.2) is 73.1 Å². The fourth-order valence-electron chi connectivity index (χ4n) is 4.24. The summed E-state index contributed by atoms with van der Waals surface area (Å²) in [6.07, 6.45) is 3.60. The van der Waals surface area contributed by atoms with E-state index < -0.39 is 17.9 Å². The maximum absolute atomic E-state index is 13.2. The number of aryl methyl sites for hydroxylation is 1. The normalized spacial score (nSPS) is 21.6. The van der Waals surface area contributed by atoms with Gasteiger partial charge >= 0.3 is 5.97 Å². The van der Waals surface area contributed by atoms with E-state index in [1.165, 1.54) is 12.7 Å². The standard InChI is InChI=1S/C25H25N3O3/c1-17-9-11-18(12-10-17)16-28-21(19-7-3-5-13-26-19)15-22(29)23(25(30)31-2)24(28)20-8-4-6-14-27-20/h3-14,21,23-24H,15-16H2,1-2H3/t21-,23?,24-/m0/s1. The number of piperidine rings is 1. The van der Waals surface area contributed by atoms with Crippen molar-refractivity contribution in [2.45, 2.75) is 32.0 Å². The fourth-order valence-corrected chi connectivity index (χ4v) is 4.24. The lowest BCUT2D eigenvalue weighted by atomic mass is 9.81. The largest absolute Gasteiger partial charge is 0.468 e. The Balaban J connectivity index is 1.84. The van der Waals surface area contributed by atoms with E-state index in [0.29, 0.717) is 12.2 Å². The summed E-state index contributed by atoms with van der Waals surface area (Å²) in [7, 11) is 1.32. The van der Waals surface area contributed by atoms with Crippen molar-refractivity contribution >= 4 is 11.8 Å². The quantitative estimate of drug-likeness (QED) is 0.466. The lowest BCUT2D eigenvalue weighted by Gasteiger charge is -2.44. The number of Topliss-reactive ketones (excluding diaryl/α,β-unsaturated/α-hetero) is 1. The molecule has 1 saturated heterocycles. The Bertz CT molecular complexity index is 1040. The predicted octanol–water partition coefficient (Wildman–Crippen LogP) is 3.83. The summed E-state index contributed by atoms with van der Waals surface area (Å²) >= 11 is 0. The number of pyridine rings is 2. The van der Waals surface area contributed by atoms with E-state index >= 15 is 0 Å². The van der Waals surface area contributed by atoms with Gasteiger partial charge in [-0.15, -0.1) is 0 Å². The van der Waals surface area contributed by atoms with Crippen molar-refractivity contribution in [3.8, 4) is 0 Å². The average Bonchev–Trinajstić information content (AvgIpc) is 2.81. The number of ether oxygens (including phenoxy) is 1. The highest BCUT2D eigenvalue weighted by Gasteiger charge is 2.48. The lowest BCUT2D eigenvalue weighted by molar-refractivity contribution is -0.157. The number of hydrogen-bond acceptors (Lipinski definition) is 6. The van der Waals surface area contributed by atoms with E-state index in [1.807, 2.05) is 43.3 Å². The van der Waals surface area contributed by atoms with Crippen molar-refractivity contribution in [2.24, 2.45) is 5.92 Å². The molecule has 158 valence electrons. The molecule has 31 heavy (non-hydrogen) atoms. The second-order valence-corrected chi connectivity index (χ2v) is 7.80. The summed E-state index contributed by atoms with van der Waals surface area (Å²) in [5.74, 6) is -1.63. The molecule has 1 aliphatic rings. The van der Waals surface area contributed by atoms with Crippen LogP contribution in [0, 0.1) is 12.8 Å². The third kappa shape index (κ3) is 4.39. The van der Waals surface area contributed by atoms with E-state index in [0.717, 1.165) is 11.3 Å². The van der Waals surface area contributed by atoms with Crippen molar-refractivity contribution in [3.05, 3.63) is 95.6 Å².